The molecule has 1 saturated heterocycles. The Morgan fingerprint density at radius 2 is 1.81 bits per heavy atom. The summed E-state index contributed by atoms with van der Waals surface area (Å²) in [6.45, 7) is 0. The second-order valence-corrected chi connectivity index (χ2v) is 8.10. The zero-order valence-corrected chi connectivity index (χ0v) is 18.8. The van der Waals surface area contributed by atoms with Gasteiger partial charge in [0, 0.05) is 30.0 Å². The van der Waals surface area contributed by atoms with Crippen molar-refractivity contribution < 1.29 is 4.74 Å². The number of methoxy groups -OCH3 is 1. The van der Waals surface area contributed by atoms with E-state index < -0.39 is 0 Å². The van der Waals surface area contributed by atoms with Gasteiger partial charge in [0.25, 0.3) is 0 Å². The topological polar surface area (TPSA) is 55.2 Å². The zero-order valence-electron chi connectivity index (χ0n) is 17.2. The van der Waals surface area contributed by atoms with Crippen molar-refractivity contribution in [1.29, 1.82) is 0 Å². The highest BCUT2D eigenvalue weighted by atomic mass is 35.5. The Balaban J connectivity index is 1.66. The van der Waals surface area contributed by atoms with Gasteiger partial charge in [-0.1, -0.05) is 23.7 Å². The number of benzene rings is 1. The van der Waals surface area contributed by atoms with Gasteiger partial charge in [0.15, 0.2) is 5.11 Å². The number of rotatable bonds is 5. The Hall–Kier alpha value is -3.42. The Morgan fingerprint density at radius 1 is 1.00 bits per heavy atom. The summed E-state index contributed by atoms with van der Waals surface area (Å²) in [5.74, 6) is 1.45. The number of hydrogen-bond acceptors (Lipinski definition) is 4. The molecule has 0 aliphatic carbocycles. The Labute approximate surface area is 196 Å². The number of hydrogen-bond donors (Lipinski definition) is 1. The van der Waals surface area contributed by atoms with Crippen molar-refractivity contribution in [3.63, 3.8) is 0 Å². The molecule has 160 valence electrons. The van der Waals surface area contributed by atoms with Crippen LogP contribution in [0.1, 0.15) is 23.5 Å². The van der Waals surface area contributed by atoms with Crippen LogP contribution in [0.15, 0.2) is 85.3 Å². The number of anilines is 1. The Morgan fingerprint density at radius 3 is 2.50 bits per heavy atom. The minimum absolute atomic E-state index is 0.165. The van der Waals surface area contributed by atoms with Crippen molar-refractivity contribution in [3.05, 3.63) is 102 Å². The SMILES string of the molecule is COc1ccc(N2C(=S)N[C@H](c3ccccn3)[C@H]2c2cccn2-c2ccccn2)cc1Cl. The summed E-state index contributed by atoms with van der Waals surface area (Å²) in [5, 5.41) is 4.59. The number of nitrogens with one attached hydrogen (secondary N) is 1. The molecule has 0 amide bonds. The first-order valence-electron chi connectivity index (χ1n) is 10.1. The van der Waals surface area contributed by atoms with E-state index in [1.54, 1.807) is 19.5 Å². The lowest BCUT2D eigenvalue weighted by atomic mass is 10.0. The molecule has 6 nitrogen and oxygen atoms in total. The molecule has 0 unspecified atom stereocenters. The van der Waals surface area contributed by atoms with E-state index in [0.717, 1.165) is 22.9 Å². The van der Waals surface area contributed by atoms with Crippen molar-refractivity contribution in [1.82, 2.24) is 19.9 Å². The maximum Gasteiger partial charge on any atom is 0.174 e. The highest BCUT2D eigenvalue weighted by Crippen LogP contribution is 2.43. The van der Waals surface area contributed by atoms with Gasteiger partial charge in [0.05, 0.1) is 23.9 Å². The largest absolute Gasteiger partial charge is 0.495 e. The minimum atomic E-state index is -0.182. The van der Waals surface area contributed by atoms with E-state index in [2.05, 4.69) is 30.8 Å². The molecule has 0 spiro atoms. The van der Waals surface area contributed by atoms with E-state index in [9.17, 15) is 0 Å². The molecule has 1 aromatic carbocycles. The lowest BCUT2D eigenvalue weighted by Crippen LogP contribution is -2.30. The van der Waals surface area contributed by atoms with Gasteiger partial charge < -0.3 is 19.5 Å². The molecule has 1 fully saturated rings. The fourth-order valence-corrected chi connectivity index (χ4v) is 4.68. The predicted octanol–water partition coefficient (Wildman–Crippen LogP) is 5.11. The second kappa shape index (κ2) is 8.61. The van der Waals surface area contributed by atoms with E-state index in [-0.39, 0.29) is 12.1 Å². The number of nitrogens with zero attached hydrogens (tertiary/aromatic N) is 4. The molecule has 0 saturated carbocycles. The maximum absolute atomic E-state index is 6.47. The van der Waals surface area contributed by atoms with Crippen LogP contribution in [0.4, 0.5) is 5.69 Å². The molecule has 2 atom stereocenters. The van der Waals surface area contributed by atoms with Crippen molar-refractivity contribution in [2.75, 3.05) is 12.0 Å². The molecule has 1 N–H and O–H groups in total. The number of aromatic nitrogens is 3. The van der Waals surface area contributed by atoms with Gasteiger partial charge in [-0.3, -0.25) is 4.98 Å². The molecule has 5 rings (SSSR count). The average Bonchev–Trinajstić information content (AvgIpc) is 3.44. The lowest BCUT2D eigenvalue weighted by Gasteiger charge is -2.29. The van der Waals surface area contributed by atoms with Crippen LogP contribution in [-0.2, 0) is 0 Å². The van der Waals surface area contributed by atoms with Crippen LogP contribution in [0.3, 0.4) is 0 Å². The van der Waals surface area contributed by atoms with Gasteiger partial charge in [0.1, 0.15) is 17.6 Å². The summed E-state index contributed by atoms with van der Waals surface area (Å²) in [6.07, 6.45) is 5.59. The summed E-state index contributed by atoms with van der Waals surface area (Å²) in [5.41, 5.74) is 2.79. The number of halogens is 1. The fraction of sp³-hybridized carbons (Fsp3) is 0.125. The second-order valence-electron chi connectivity index (χ2n) is 7.31. The first-order valence-corrected chi connectivity index (χ1v) is 10.9. The third kappa shape index (κ3) is 3.59. The molecule has 4 aromatic rings. The van der Waals surface area contributed by atoms with Crippen molar-refractivity contribution in [3.8, 4) is 11.6 Å². The first-order chi connectivity index (χ1) is 15.7. The average molecular weight is 462 g/mol. The molecule has 4 heterocycles. The molecular weight excluding hydrogens is 442 g/mol. The molecule has 3 aromatic heterocycles. The minimum Gasteiger partial charge on any atom is -0.495 e. The zero-order chi connectivity index (χ0) is 22.1. The molecule has 0 radical (unpaired) electrons. The fourth-order valence-electron chi connectivity index (χ4n) is 4.08. The maximum atomic E-state index is 6.47. The smallest absolute Gasteiger partial charge is 0.174 e. The summed E-state index contributed by atoms with van der Waals surface area (Å²) in [6, 6.07) is 21.2. The standard InChI is InChI=1S/C24H20ClN5OS/c1-31-20-11-10-16(15-17(20)25)30-23(22(28-24(30)32)18-7-2-4-12-26-18)19-8-6-14-29(19)21-9-3-5-13-27-21/h2-15,22-23H,1H3,(H,28,32)/t22-,23-/m1/s1. The Kier molecular flexibility index (Phi) is 5.51. The van der Waals surface area contributed by atoms with Crippen molar-refractivity contribution >= 4 is 34.6 Å². The molecular formula is C24H20ClN5OS. The predicted molar refractivity (Wildman–Crippen MR) is 129 cm³/mol. The molecule has 1 aliphatic rings. The normalized spacial score (nSPS) is 17.9. The van der Waals surface area contributed by atoms with Gasteiger partial charge in [-0.2, -0.15) is 0 Å². The quantitative estimate of drug-likeness (QED) is 0.417. The van der Waals surface area contributed by atoms with E-state index in [1.807, 2.05) is 66.9 Å². The summed E-state index contributed by atoms with van der Waals surface area (Å²) >= 11 is 12.3. The highest BCUT2D eigenvalue weighted by Gasteiger charge is 2.42. The molecule has 1 aliphatic heterocycles. The number of pyridine rings is 2. The van der Waals surface area contributed by atoms with Crippen LogP contribution in [0.2, 0.25) is 5.02 Å². The first kappa shape index (κ1) is 20.5. The van der Waals surface area contributed by atoms with Gasteiger partial charge in [-0.15, -0.1) is 0 Å². The third-order valence-electron chi connectivity index (χ3n) is 5.49. The van der Waals surface area contributed by atoms with Crippen LogP contribution in [-0.4, -0.2) is 26.8 Å². The van der Waals surface area contributed by atoms with Crippen LogP contribution < -0.4 is 15.0 Å². The molecule has 8 heteroatoms. The van der Waals surface area contributed by atoms with E-state index in [1.165, 1.54) is 0 Å². The van der Waals surface area contributed by atoms with Gasteiger partial charge in [-0.25, -0.2) is 4.98 Å². The number of thiocarbonyl (C=S) groups is 1. The van der Waals surface area contributed by atoms with E-state index in [0.29, 0.717) is 15.9 Å². The summed E-state index contributed by atoms with van der Waals surface area (Å²) in [7, 11) is 1.60. The summed E-state index contributed by atoms with van der Waals surface area (Å²) < 4.78 is 7.41. The number of ether oxygens (including phenoxy) is 1. The molecule has 0 bridgehead atoms. The van der Waals surface area contributed by atoms with Crippen molar-refractivity contribution in [2.24, 2.45) is 0 Å². The van der Waals surface area contributed by atoms with E-state index in [4.69, 9.17) is 28.6 Å². The van der Waals surface area contributed by atoms with Crippen LogP contribution in [0, 0.1) is 0 Å². The van der Waals surface area contributed by atoms with E-state index >= 15 is 0 Å². The van der Waals surface area contributed by atoms with Gasteiger partial charge in [0.2, 0.25) is 0 Å². The molecule has 32 heavy (non-hydrogen) atoms. The van der Waals surface area contributed by atoms with Gasteiger partial charge >= 0.3 is 0 Å². The van der Waals surface area contributed by atoms with Gasteiger partial charge in [-0.05, 0) is 66.8 Å². The van der Waals surface area contributed by atoms with Crippen LogP contribution in [0.25, 0.3) is 5.82 Å². The van der Waals surface area contributed by atoms with Crippen LogP contribution >= 0.6 is 23.8 Å². The lowest BCUT2D eigenvalue weighted by molar-refractivity contribution is 0.415. The third-order valence-corrected chi connectivity index (χ3v) is 6.10. The summed E-state index contributed by atoms with van der Waals surface area (Å²) in [4.78, 5) is 11.2. The van der Waals surface area contributed by atoms with Crippen LogP contribution in [0.5, 0.6) is 5.75 Å². The van der Waals surface area contributed by atoms with Crippen molar-refractivity contribution in [2.45, 2.75) is 12.1 Å². The monoisotopic (exact) mass is 461 g/mol. The highest BCUT2D eigenvalue weighted by molar-refractivity contribution is 7.80. The Bertz CT molecular complexity index is 1250.